The number of aryl methyl sites for hydroxylation is 4. The molecule has 0 aliphatic heterocycles. The van der Waals surface area contributed by atoms with Crippen LogP contribution in [0.4, 0.5) is 0 Å². The van der Waals surface area contributed by atoms with E-state index >= 15 is 0 Å². The highest BCUT2D eigenvalue weighted by Gasteiger charge is 2.42. The van der Waals surface area contributed by atoms with Crippen molar-refractivity contribution in [2.75, 3.05) is 0 Å². The average Bonchev–Trinajstić information content (AvgIpc) is 2.72. The molecule has 0 aliphatic rings. The summed E-state index contributed by atoms with van der Waals surface area (Å²) in [5.74, 6) is 0.371. The second-order valence-electron chi connectivity index (χ2n) is 8.71. The fraction of sp³-hybridized carbons (Fsp3) is 0.481. The lowest BCUT2D eigenvalue weighted by molar-refractivity contribution is -0.139. The molecule has 0 bridgehead atoms. The van der Waals surface area contributed by atoms with E-state index in [1.54, 1.807) is 0 Å². The predicted molar refractivity (Wildman–Crippen MR) is 125 cm³/mol. The number of phenols is 2. The van der Waals surface area contributed by atoms with E-state index in [1.165, 1.54) is 6.92 Å². The van der Waals surface area contributed by atoms with Crippen molar-refractivity contribution in [2.45, 2.75) is 80.1 Å². The van der Waals surface area contributed by atoms with Crippen LogP contribution in [0.25, 0.3) is 0 Å². The van der Waals surface area contributed by atoms with Gasteiger partial charge < -0.3 is 10.2 Å². The summed E-state index contributed by atoms with van der Waals surface area (Å²) >= 11 is 0. The van der Waals surface area contributed by atoms with Crippen LogP contribution in [0.2, 0.25) is 0 Å². The Hall–Kier alpha value is -2.62. The lowest BCUT2D eigenvalue weighted by Gasteiger charge is -2.31. The highest BCUT2D eigenvalue weighted by Crippen LogP contribution is 2.36. The molecule has 0 spiro atoms. The van der Waals surface area contributed by atoms with Gasteiger partial charge in [-0.25, -0.2) is 0 Å². The van der Waals surface area contributed by atoms with Gasteiger partial charge in [0, 0.05) is 6.42 Å². The van der Waals surface area contributed by atoms with E-state index in [4.69, 9.17) is 0 Å². The van der Waals surface area contributed by atoms with Crippen molar-refractivity contribution in [3.8, 4) is 11.5 Å². The van der Waals surface area contributed by atoms with Crippen LogP contribution >= 0.6 is 0 Å². The number of rotatable bonds is 10. The Morgan fingerprint density at radius 2 is 1.23 bits per heavy atom. The van der Waals surface area contributed by atoms with E-state index < -0.39 is 5.41 Å². The van der Waals surface area contributed by atoms with Crippen LogP contribution in [0.15, 0.2) is 24.3 Å². The standard InChI is InChI=1S/C27H36O4/c1-7-10-24(29)27(19(6)28,15-20-11-17(4)25(30)22(8-2)13-20)16-21-12-18(5)26(31)23(9-3)14-21/h11-14,30-31H,7-10,15-16H2,1-6H3. The van der Waals surface area contributed by atoms with Gasteiger partial charge in [-0.05, 0) is 86.3 Å². The number of hydrogen-bond donors (Lipinski definition) is 2. The molecular formula is C27H36O4. The maximum atomic E-state index is 13.4. The molecular weight excluding hydrogens is 388 g/mol. The Morgan fingerprint density at radius 3 is 1.55 bits per heavy atom. The molecule has 2 aromatic rings. The molecule has 4 heteroatoms. The van der Waals surface area contributed by atoms with Crippen molar-refractivity contribution in [1.82, 2.24) is 0 Å². The Bertz CT molecular complexity index is 910. The minimum absolute atomic E-state index is 0.0462. The molecule has 31 heavy (non-hydrogen) atoms. The molecule has 4 nitrogen and oxygen atoms in total. The van der Waals surface area contributed by atoms with Gasteiger partial charge in [-0.3, -0.25) is 9.59 Å². The maximum absolute atomic E-state index is 13.4. The van der Waals surface area contributed by atoms with Gasteiger partial charge in [-0.15, -0.1) is 0 Å². The second kappa shape index (κ2) is 10.1. The molecule has 2 aromatic carbocycles. The summed E-state index contributed by atoms with van der Waals surface area (Å²) in [7, 11) is 0. The first-order valence-electron chi connectivity index (χ1n) is 11.3. The third-order valence-corrected chi connectivity index (χ3v) is 6.34. The summed E-state index contributed by atoms with van der Waals surface area (Å²) in [6.07, 6.45) is 2.97. The summed E-state index contributed by atoms with van der Waals surface area (Å²) in [6.45, 7) is 11.1. The molecule has 0 saturated carbocycles. The third-order valence-electron chi connectivity index (χ3n) is 6.34. The summed E-state index contributed by atoms with van der Waals surface area (Å²) < 4.78 is 0. The topological polar surface area (TPSA) is 74.6 Å². The summed E-state index contributed by atoms with van der Waals surface area (Å²) in [4.78, 5) is 26.5. The lowest BCUT2D eigenvalue weighted by Crippen LogP contribution is -2.42. The Balaban J connectivity index is 2.62. The minimum atomic E-state index is -1.17. The Morgan fingerprint density at radius 1 is 0.806 bits per heavy atom. The molecule has 0 fully saturated rings. The molecule has 0 saturated heterocycles. The van der Waals surface area contributed by atoms with Crippen LogP contribution in [0.3, 0.4) is 0 Å². The van der Waals surface area contributed by atoms with Crippen molar-refractivity contribution in [2.24, 2.45) is 5.41 Å². The van der Waals surface area contributed by atoms with Gasteiger partial charge in [0.1, 0.15) is 23.1 Å². The normalized spacial score (nSPS) is 11.5. The molecule has 0 heterocycles. The monoisotopic (exact) mass is 424 g/mol. The first-order chi connectivity index (χ1) is 14.6. The highest BCUT2D eigenvalue weighted by molar-refractivity contribution is 6.06. The smallest absolute Gasteiger partial charge is 0.147 e. The third kappa shape index (κ3) is 5.17. The van der Waals surface area contributed by atoms with Gasteiger partial charge in [-0.1, -0.05) is 45.0 Å². The SMILES string of the molecule is CCCC(=O)C(Cc1cc(C)c(O)c(CC)c1)(Cc1cc(C)c(O)c(CC)c1)C(C)=O. The van der Waals surface area contributed by atoms with E-state index in [2.05, 4.69) is 0 Å². The maximum Gasteiger partial charge on any atom is 0.147 e. The average molecular weight is 425 g/mol. The van der Waals surface area contributed by atoms with Crippen LogP contribution in [-0.4, -0.2) is 21.8 Å². The second-order valence-corrected chi connectivity index (χ2v) is 8.71. The number of Topliss-reactive ketones (excluding diaryl/α,β-unsaturated/α-hetero) is 2. The first-order valence-corrected chi connectivity index (χ1v) is 11.3. The number of ketones is 2. The molecule has 0 amide bonds. The number of hydrogen-bond acceptors (Lipinski definition) is 4. The zero-order valence-corrected chi connectivity index (χ0v) is 19.8. The Kier molecular flexibility index (Phi) is 8.05. The number of carbonyl (C=O) groups is 2. The van der Waals surface area contributed by atoms with Gasteiger partial charge in [0.2, 0.25) is 0 Å². The molecule has 2 N–H and O–H groups in total. The van der Waals surface area contributed by atoms with Crippen LogP contribution in [-0.2, 0) is 35.3 Å². The quantitative estimate of drug-likeness (QED) is 0.489. The Labute approximate surface area is 186 Å². The van der Waals surface area contributed by atoms with Crippen molar-refractivity contribution in [3.63, 3.8) is 0 Å². The van der Waals surface area contributed by atoms with Crippen molar-refractivity contribution in [3.05, 3.63) is 57.6 Å². The van der Waals surface area contributed by atoms with Gasteiger partial charge in [0.15, 0.2) is 0 Å². The van der Waals surface area contributed by atoms with Crippen LogP contribution < -0.4 is 0 Å². The molecule has 2 rings (SSSR count). The van der Waals surface area contributed by atoms with E-state index in [0.717, 1.165) is 33.4 Å². The zero-order chi connectivity index (χ0) is 23.3. The van der Waals surface area contributed by atoms with E-state index in [0.29, 0.717) is 38.5 Å². The van der Waals surface area contributed by atoms with Gasteiger partial charge in [0.05, 0.1) is 5.41 Å². The van der Waals surface area contributed by atoms with Crippen molar-refractivity contribution < 1.29 is 19.8 Å². The molecule has 0 aliphatic carbocycles. The van der Waals surface area contributed by atoms with Crippen molar-refractivity contribution in [1.29, 1.82) is 0 Å². The fourth-order valence-electron chi connectivity index (χ4n) is 4.48. The highest BCUT2D eigenvalue weighted by atomic mass is 16.3. The first kappa shape index (κ1) is 24.6. The summed E-state index contributed by atoms with van der Waals surface area (Å²) in [5.41, 5.74) is 3.76. The van der Waals surface area contributed by atoms with Crippen LogP contribution in [0, 0.1) is 19.3 Å². The van der Waals surface area contributed by atoms with Gasteiger partial charge in [-0.2, -0.15) is 0 Å². The van der Waals surface area contributed by atoms with Gasteiger partial charge in [0.25, 0.3) is 0 Å². The minimum Gasteiger partial charge on any atom is -0.507 e. The number of benzene rings is 2. The van der Waals surface area contributed by atoms with Crippen LogP contribution in [0.1, 0.15) is 73.9 Å². The van der Waals surface area contributed by atoms with Crippen LogP contribution in [0.5, 0.6) is 11.5 Å². The molecule has 0 unspecified atom stereocenters. The summed E-state index contributed by atoms with van der Waals surface area (Å²) in [5, 5.41) is 20.6. The summed E-state index contributed by atoms with van der Waals surface area (Å²) in [6, 6.07) is 7.59. The van der Waals surface area contributed by atoms with E-state index in [9.17, 15) is 19.8 Å². The molecule has 168 valence electrons. The van der Waals surface area contributed by atoms with Gasteiger partial charge >= 0.3 is 0 Å². The molecule has 0 aromatic heterocycles. The van der Waals surface area contributed by atoms with E-state index in [-0.39, 0.29) is 23.1 Å². The fourth-order valence-corrected chi connectivity index (χ4v) is 4.48. The van der Waals surface area contributed by atoms with Crippen molar-refractivity contribution >= 4 is 11.6 Å². The largest absolute Gasteiger partial charge is 0.507 e. The number of aromatic hydroxyl groups is 2. The predicted octanol–water partition coefficient (Wildman–Crippen LogP) is 5.57. The van der Waals surface area contributed by atoms with E-state index in [1.807, 2.05) is 58.9 Å². The molecule has 0 radical (unpaired) electrons. The number of carbonyl (C=O) groups excluding carboxylic acids is 2. The zero-order valence-electron chi connectivity index (χ0n) is 19.8. The lowest BCUT2D eigenvalue weighted by atomic mass is 9.69. The molecule has 0 atom stereocenters. The number of phenolic OH excluding ortho intramolecular Hbond substituents is 2.